The van der Waals surface area contributed by atoms with Gasteiger partial charge in [0.25, 0.3) is 5.69 Å². The first kappa shape index (κ1) is 15.2. The van der Waals surface area contributed by atoms with Gasteiger partial charge in [-0.05, 0) is 25.5 Å². The Morgan fingerprint density at radius 3 is 2.52 bits per heavy atom. The Labute approximate surface area is 127 Å². The zero-order valence-electron chi connectivity index (χ0n) is 11.9. The van der Waals surface area contributed by atoms with Crippen LogP contribution in [0.15, 0.2) is 40.5 Å². The van der Waals surface area contributed by atoms with E-state index in [0.29, 0.717) is 0 Å². The van der Waals surface area contributed by atoms with Crippen molar-refractivity contribution in [3.63, 3.8) is 0 Å². The van der Waals surface area contributed by atoms with E-state index in [1.807, 2.05) is 6.92 Å². The fraction of sp³-hybridized carbons (Fsp3) is 0.286. The van der Waals surface area contributed by atoms with Crippen molar-refractivity contribution in [2.75, 3.05) is 11.9 Å². The maximum absolute atomic E-state index is 10.7. The number of nitrogens with one attached hydrogen (secondary N) is 1. The highest BCUT2D eigenvalue weighted by Crippen LogP contribution is 2.32. The Morgan fingerprint density at radius 1 is 1.24 bits per heavy atom. The van der Waals surface area contributed by atoms with Crippen LogP contribution < -0.4 is 5.32 Å². The van der Waals surface area contributed by atoms with Gasteiger partial charge in [-0.25, -0.2) is 9.97 Å². The van der Waals surface area contributed by atoms with Crippen LogP contribution in [0, 0.1) is 10.1 Å². The number of nitro groups is 1. The largest absolute Gasteiger partial charge is 0.370 e. The molecule has 7 heteroatoms. The summed E-state index contributed by atoms with van der Waals surface area (Å²) < 4.78 is 0. The molecule has 1 heterocycles. The molecule has 110 valence electrons. The number of nitrogens with zero attached hydrogens (tertiary/aromatic N) is 3. The second-order valence-electron chi connectivity index (χ2n) is 4.24. The summed E-state index contributed by atoms with van der Waals surface area (Å²) in [6.07, 6.45) is 2.35. The van der Waals surface area contributed by atoms with Crippen molar-refractivity contribution in [2.24, 2.45) is 0 Å². The third-order valence-corrected chi connectivity index (χ3v) is 3.92. The van der Waals surface area contributed by atoms with E-state index in [-0.39, 0.29) is 5.69 Å². The van der Waals surface area contributed by atoms with Crippen molar-refractivity contribution < 1.29 is 4.92 Å². The molecule has 0 unspecified atom stereocenters. The van der Waals surface area contributed by atoms with E-state index < -0.39 is 4.92 Å². The normalized spacial score (nSPS) is 10.4. The molecule has 0 aliphatic carbocycles. The number of hydrogen-bond donors (Lipinski definition) is 1. The molecule has 1 aromatic heterocycles. The van der Waals surface area contributed by atoms with Crippen molar-refractivity contribution in [1.29, 1.82) is 0 Å². The molecule has 0 aliphatic heterocycles. The Balaban J connectivity index is 2.26. The minimum Gasteiger partial charge on any atom is -0.370 e. The molecule has 0 saturated carbocycles. The van der Waals surface area contributed by atoms with Crippen LogP contribution in [0.5, 0.6) is 0 Å². The van der Waals surface area contributed by atoms with Gasteiger partial charge in [-0.3, -0.25) is 10.1 Å². The Hall–Kier alpha value is -2.15. The van der Waals surface area contributed by atoms with E-state index in [4.69, 9.17) is 0 Å². The molecule has 0 spiro atoms. The second kappa shape index (κ2) is 7.03. The molecule has 0 atom stereocenters. The van der Waals surface area contributed by atoms with Crippen LogP contribution in [0.3, 0.4) is 0 Å². The van der Waals surface area contributed by atoms with Gasteiger partial charge in [0.15, 0.2) is 0 Å². The van der Waals surface area contributed by atoms with Crippen molar-refractivity contribution >= 4 is 23.3 Å². The average Bonchev–Trinajstić information content (AvgIpc) is 2.48. The van der Waals surface area contributed by atoms with Gasteiger partial charge in [0.2, 0.25) is 0 Å². The second-order valence-corrected chi connectivity index (χ2v) is 5.31. The van der Waals surface area contributed by atoms with Gasteiger partial charge >= 0.3 is 0 Å². The number of nitro benzene ring substituents is 1. The number of benzene rings is 1. The Kier molecular flexibility index (Phi) is 5.10. The lowest BCUT2D eigenvalue weighted by molar-refractivity contribution is -0.384. The highest BCUT2D eigenvalue weighted by atomic mass is 32.2. The number of hydrogen-bond acceptors (Lipinski definition) is 6. The van der Waals surface area contributed by atoms with Crippen molar-refractivity contribution in [3.05, 3.63) is 46.3 Å². The zero-order chi connectivity index (χ0) is 15.2. The predicted octanol–water partition coefficient (Wildman–Crippen LogP) is 3.53. The summed E-state index contributed by atoms with van der Waals surface area (Å²) in [6, 6.07) is 6.47. The van der Waals surface area contributed by atoms with Gasteiger partial charge in [0.1, 0.15) is 17.2 Å². The van der Waals surface area contributed by atoms with Crippen LogP contribution in [0.1, 0.15) is 19.4 Å². The highest BCUT2D eigenvalue weighted by Gasteiger charge is 2.11. The molecule has 6 nitrogen and oxygen atoms in total. The first-order valence-electron chi connectivity index (χ1n) is 6.65. The molecule has 0 amide bonds. The number of rotatable bonds is 6. The fourth-order valence-electron chi connectivity index (χ4n) is 1.87. The summed E-state index contributed by atoms with van der Waals surface area (Å²) in [6.45, 7) is 4.87. The lowest BCUT2D eigenvalue weighted by atomic mass is 10.2. The lowest BCUT2D eigenvalue weighted by Crippen LogP contribution is -2.05. The van der Waals surface area contributed by atoms with Gasteiger partial charge in [-0.15, -0.1) is 0 Å². The summed E-state index contributed by atoms with van der Waals surface area (Å²) in [5.41, 5.74) is 1.15. The lowest BCUT2D eigenvalue weighted by Gasteiger charge is -2.11. The van der Waals surface area contributed by atoms with E-state index in [1.54, 1.807) is 12.1 Å². The van der Waals surface area contributed by atoms with Gasteiger partial charge in [-0.1, -0.05) is 18.7 Å². The average molecular weight is 304 g/mol. The van der Waals surface area contributed by atoms with Crippen LogP contribution in [-0.2, 0) is 6.42 Å². The predicted molar refractivity (Wildman–Crippen MR) is 82.8 cm³/mol. The highest BCUT2D eigenvalue weighted by molar-refractivity contribution is 7.99. The van der Waals surface area contributed by atoms with Crippen LogP contribution in [0.25, 0.3) is 0 Å². The molecular formula is C14H16N4O2S. The summed E-state index contributed by atoms with van der Waals surface area (Å²) in [7, 11) is 0. The molecule has 21 heavy (non-hydrogen) atoms. The molecule has 0 saturated heterocycles. The first-order chi connectivity index (χ1) is 10.2. The first-order valence-corrected chi connectivity index (χ1v) is 7.47. The van der Waals surface area contributed by atoms with Crippen LogP contribution >= 0.6 is 11.8 Å². The molecule has 0 radical (unpaired) electrons. The number of anilines is 1. The van der Waals surface area contributed by atoms with E-state index in [9.17, 15) is 10.1 Å². The van der Waals surface area contributed by atoms with Crippen molar-refractivity contribution in [1.82, 2.24) is 9.97 Å². The molecule has 0 fully saturated rings. The Morgan fingerprint density at radius 2 is 1.95 bits per heavy atom. The summed E-state index contributed by atoms with van der Waals surface area (Å²) in [5, 5.41) is 14.8. The minimum absolute atomic E-state index is 0.0890. The van der Waals surface area contributed by atoms with Crippen LogP contribution in [0.2, 0.25) is 0 Å². The molecule has 1 N–H and O–H groups in total. The topological polar surface area (TPSA) is 81.0 Å². The summed E-state index contributed by atoms with van der Waals surface area (Å²) >= 11 is 1.49. The van der Waals surface area contributed by atoms with E-state index in [1.165, 1.54) is 30.2 Å². The van der Waals surface area contributed by atoms with Gasteiger partial charge < -0.3 is 5.32 Å². The number of aromatic nitrogens is 2. The summed E-state index contributed by atoms with van der Waals surface area (Å²) in [4.78, 5) is 19.7. The van der Waals surface area contributed by atoms with E-state index in [0.717, 1.165) is 34.3 Å². The minimum atomic E-state index is -0.403. The van der Waals surface area contributed by atoms with Crippen molar-refractivity contribution in [3.8, 4) is 0 Å². The molecular weight excluding hydrogens is 288 g/mol. The van der Waals surface area contributed by atoms with Gasteiger partial charge in [0.05, 0.1) is 4.92 Å². The quantitative estimate of drug-likeness (QED) is 0.499. The van der Waals surface area contributed by atoms with E-state index in [2.05, 4.69) is 22.2 Å². The summed E-state index contributed by atoms with van der Waals surface area (Å²) in [5.74, 6) is 0.847. The fourth-order valence-corrected chi connectivity index (χ4v) is 2.83. The third kappa shape index (κ3) is 3.69. The maximum Gasteiger partial charge on any atom is 0.269 e. The smallest absolute Gasteiger partial charge is 0.269 e. The molecule has 0 bridgehead atoms. The van der Waals surface area contributed by atoms with Gasteiger partial charge in [0, 0.05) is 29.1 Å². The Bertz CT molecular complexity index is 631. The standard InChI is InChI=1S/C14H16N4O2S/c1-3-12-13(15-4-2)16-9-17-14(12)21-11-7-5-10(6-8-11)18(19)20/h5-9H,3-4H2,1-2H3,(H,15,16,17). The molecule has 0 aliphatic rings. The van der Waals surface area contributed by atoms with Crippen LogP contribution in [-0.4, -0.2) is 21.4 Å². The van der Waals surface area contributed by atoms with E-state index >= 15 is 0 Å². The maximum atomic E-state index is 10.7. The third-order valence-electron chi connectivity index (χ3n) is 2.87. The molecule has 1 aromatic carbocycles. The zero-order valence-corrected chi connectivity index (χ0v) is 12.7. The monoisotopic (exact) mass is 304 g/mol. The van der Waals surface area contributed by atoms with Gasteiger partial charge in [-0.2, -0.15) is 0 Å². The van der Waals surface area contributed by atoms with Crippen molar-refractivity contribution in [2.45, 2.75) is 30.2 Å². The number of non-ortho nitro benzene ring substituents is 1. The molecule has 2 rings (SSSR count). The van der Waals surface area contributed by atoms with Crippen LogP contribution in [0.4, 0.5) is 11.5 Å². The molecule has 2 aromatic rings. The SMILES string of the molecule is CCNc1ncnc(Sc2ccc([N+](=O)[O-])cc2)c1CC.